The van der Waals surface area contributed by atoms with E-state index in [-0.39, 0.29) is 5.91 Å². The van der Waals surface area contributed by atoms with Gasteiger partial charge in [-0.25, -0.2) is 0 Å². The van der Waals surface area contributed by atoms with Gasteiger partial charge in [-0.3, -0.25) is 4.79 Å². The highest BCUT2D eigenvalue weighted by Gasteiger charge is 2.20. The fraction of sp³-hybridized carbons (Fsp3) is 0.667. The quantitative estimate of drug-likeness (QED) is 0.896. The molecule has 1 saturated heterocycles. The maximum atomic E-state index is 12.1. The number of carbonyl (C=O) groups excluding carboxylic acids is 1. The van der Waals surface area contributed by atoms with Gasteiger partial charge in [-0.15, -0.1) is 10.2 Å². The second-order valence-electron chi connectivity index (χ2n) is 6.02. The summed E-state index contributed by atoms with van der Waals surface area (Å²) in [6.07, 6.45) is 4.58. The van der Waals surface area contributed by atoms with Crippen LogP contribution in [0.3, 0.4) is 0 Å². The summed E-state index contributed by atoms with van der Waals surface area (Å²) in [6.45, 7) is 3.98. The summed E-state index contributed by atoms with van der Waals surface area (Å²) in [5.41, 5.74) is 0.416. The Balaban J connectivity index is 1.59. The van der Waals surface area contributed by atoms with Gasteiger partial charge in [0.2, 0.25) is 0 Å². The average Bonchev–Trinajstić information content (AvgIpc) is 3.01. The van der Waals surface area contributed by atoms with E-state index in [4.69, 9.17) is 0 Å². The number of amides is 1. The largest absolute Gasteiger partial charge is 0.353 e. The Labute approximate surface area is 125 Å². The smallest absolute Gasteiger partial charge is 0.272 e. The van der Waals surface area contributed by atoms with Crippen molar-refractivity contribution in [3.8, 4) is 0 Å². The van der Waals surface area contributed by atoms with Crippen LogP contribution in [-0.2, 0) is 0 Å². The SMILES string of the molecule is CN1CCN(c2ccc(C(=O)NC3CCCC3)nn2)CC1. The lowest BCUT2D eigenvalue weighted by Gasteiger charge is -2.32. The normalized spacial score (nSPS) is 20.7. The Morgan fingerprint density at radius 1 is 1.14 bits per heavy atom. The first-order valence-electron chi connectivity index (χ1n) is 7.80. The molecule has 114 valence electrons. The first kappa shape index (κ1) is 14.3. The van der Waals surface area contributed by atoms with E-state index in [2.05, 4.69) is 32.4 Å². The summed E-state index contributed by atoms with van der Waals surface area (Å²) >= 11 is 0. The van der Waals surface area contributed by atoms with Gasteiger partial charge in [0.15, 0.2) is 11.5 Å². The molecule has 1 N–H and O–H groups in total. The van der Waals surface area contributed by atoms with Crippen molar-refractivity contribution >= 4 is 11.7 Å². The third-order valence-electron chi connectivity index (χ3n) is 4.40. The van der Waals surface area contributed by atoms with Gasteiger partial charge in [0.1, 0.15) is 0 Å². The number of nitrogens with zero attached hydrogens (tertiary/aromatic N) is 4. The average molecular weight is 289 g/mol. The number of rotatable bonds is 3. The zero-order valence-electron chi connectivity index (χ0n) is 12.6. The van der Waals surface area contributed by atoms with Crippen molar-refractivity contribution in [3.05, 3.63) is 17.8 Å². The van der Waals surface area contributed by atoms with Crippen LogP contribution >= 0.6 is 0 Å². The van der Waals surface area contributed by atoms with Crippen LogP contribution in [0.25, 0.3) is 0 Å². The fourth-order valence-corrected chi connectivity index (χ4v) is 2.98. The zero-order chi connectivity index (χ0) is 14.7. The number of nitrogens with one attached hydrogen (secondary N) is 1. The van der Waals surface area contributed by atoms with Crippen LogP contribution in [-0.4, -0.2) is 60.3 Å². The predicted molar refractivity (Wildman–Crippen MR) is 81.5 cm³/mol. The third-order valence-corrected chi connectivity index (χ3v) is 4.40. The van der Waals surface area contributed by atoms with Gasteiger partial charge >= 0.3 is 0 Å². The van der Waals surface area contributed by atoms with Crippen molar-refractivity contribution in [1.29, 1.82) is 0 Å². The Hall–Kier alpha value is -1.69. The molecule has 2 heterocycles. The molecular formula is C15H23N5O. The summed E-state index contributed by atoms with van der Waals surface area (Å²) in [5.74, 6) is 0.764. The van der Waals surface area contributed by atoms with Crippen LogP contribution in [0.2, 0.25) is 0 Å². The fourth-order valence-electron chi connectivity index (χ4n) is 2.98. The Bertz CT molecular complexity index is 475. The Morgan fingerprint density at radius 3 is 2.48 bits per heavy atom. The van der Waals surface area contributed by atoms with Crippen molar-refractivity contribution in [3.63, 3.8) is 0 Å². The second-order valence-corrected chi connectivity index (χ2v) is 6.02. The molecule has 1 aromatic heterocycles. The molecule has 1 aromatic rings. The molecular weight excluding hydrogens is 266 g/mol. The molecule has 0 aromatic carbocycles. The second kappa shape index (κ2) is 6.39. The van der Waals surface area contributed by atoms with Crippen molar-refractivity contribution in [1.82, 2.24) is 20.4 Å². The highest BCUT2D eigenvalue weighted by atomic mass is 16.2. The number of piperazine rings is 1. The van der Waals surface area contributed by atoms with E-state index >= 15 is 0 Å². The summed E-state index contributed by atoms with van der Waals surface area (Å²) in [5, 5.41) is 11.4. The topological polar surface area (TPSA) is 61.4 Å². The molecule has 0 atom stereocenters. The van der Waals surface area contributed by atoms with E-state index in [0.29, 0.717) is 11.7 Å². The third kappa shape index (κ3) is 3.50. The Kier molecular flexibility index (Phi) is 4.34. The molecule has 0 radical (unpaired) electrons. The lowest BCUT2D eigenvalue weighted by Crippen LogP contribution is -2.45. The molecule has 0 bridgehead atoms. The standard InChI is InChI=1S/C15H23N5O/c1-19-8-10-20(11-9-19)14-7-6-13(17-18-14)15(21)16-12-4-2-3-5-12/h6-7,12H,2-5,8-11H2,1H3,(H,16,21). The minimum absolute atomic E-state index is 0.0978. The first-order chi connectivity index (χ1) is 10.2. The molecule has 2 fully saturated rings. The van der Waals surface area contributed by atoms with Crippen molar-refractivity contribution in [2.45, 2.75) is 31.7 Å². The summed E-state index contributed by atoms with van der Waals surface area (Å²) < 4.78 is 0. The minimum Gasteiger partial charge on any atom is -0.353 e. The van der Waals surface area contributed by atoms with Gasteiger partial charge in [-0.2, -0.15) is 0 Å². The molecule has 1 saturated carbocycles. The summed E-state index contributed by atoms with van der Waals surface area (Å²) in [7, 11) is 2.12. The van der Waals surface area contributed by atoms with E-state index in [1.165, 1.54) is 12.8 Å². The van der Waals surface area contributed by atoms with Gasteiger partial charge in [0, 0.05) is 32.2 Å². The molecule has 0 spiro atoms. The lowest BCUT2D eigenvalue weighted by molar-refractivity contribution is 0.0932. The number of aromatic nitrogens is 2. The number of carbonyl (C=O) groups is 1. The highest BCUT2D eigenvalue weighted by Crippen LogP contribution is 2.18. The van der Waals surface area contributed by atoms with Crippen molar-refractivity contribution in [2.75, 3.05) is 38.1 Å². The molecule has 6 nitrogen and oxygen atoms in total. The predicted octanol–water partition coefficient (Wildman–Crippen LogP) is 0.901. The van der Waals surface area contributed by atoms with Crippen LogP contribution in [0.5, 0.6) is 0 Å². The monoisotopic (exact) mass is 289 g/mol. The van der Waals surface area contributed by atoms with Crippen molar-refractivity contribution < 1.29 is 4.79 Å². The maximum Gasteiger partial charge on any atom is 0.272 e. The van der Waals surface area contributed by atoms with Crippen LogP contribution in [0.4, 0.5) is 5.82 Å². The number of hydrogen-bond donors (Lipinski definition) is 1. The van der Waals surface area contributed by atoms with Gasteiger partial charge in [-0.1, -0.05) is 12.8 Å². The lowest BCUT2D eigenvalue weighted by atomic mass is 10.2. The molecule has 2 aliphatic rings. The highest BCUT2D eigenvalue weighted by molar-refractivity contribution is 5.92. The number of likely N-dealkylation sites (N-methyl/N-ethyl adjacent to an activating group) is 1. The van der Waals surface area contributed by atoms with Gasteiger partial charge in [-0.05, 0) is 32.0 Å². The summed E-state index contributed by atoms with van der Waals surface area (Å²) in [4.78, 5) is 16.6. The van der Waals surface area contributed by atoms with E-state index in [0.717, 1.165) is 44.8 Å². The van der Waals surface area contributed by atoms with Crippen LogP contribution in [0, 0.1) is 0 Å². The van der Waals surface area contributed by atoms with E-state index in [9.17, 15) is 4.79 Å². The molecule has 3 rings (SSSR count). The number of anilines is 1. The molecule has 1 aliphatic heterocycles. The van der Waals surface area contributed by atoms with Crippen LogP contribution in [0.15, 0.2) is 12.1 Å². The van der Waals surface area contributed by atoms with E-state index < -0.39 is 0 Å². The van der Waals surface area contributed by atoms with Crippen molar-refractivity contribution in [2.24, 2.45) is 0 Å². The minimum atomic E-state index is -0.0978. The van der Waals surface area contributed by atoms with E-state index in [1.807, 2.05) is 6.07 Å². The van der Waals surface area contributed by atoms with Gasteiger partial charge < -0.3 is 15.1 Å². The molecule has 21 heavy (non-hydrogen) atoms. The van der Waals surface area contributed by atoms with Gasteiger partial charge in [0.05, 0.1) is 0 Å². The van der Waals surface area contributed by atoms with Crippen LogP contribution in [0.1, 0.15) is 36.2 Å². The van der Waals surface area contributed by atoms with E-state index in [1.54, 1.807) is 6.07 Å². The zero-order valence-corrected chi connectivity index (χ0v) is 12.6. The first-order valence-corrected chi connectivity index (χ1v) is 7.80. The molecule has 0 unspecified atom stereocenters. The van der Waals surface area contributed by atoms with Gasteiger partial charge in [0.25, 0.3) is 5.91 Å². The van der Waals surface area contributed by atoms with Crippen LogP contribution < -0.4 is 10.2 Å². The summed E-state index contributed by atoms with van der Waals surface area (Å²) in [6, 6.07) is 4.00. The maximum absolute atomic E-state index is 12.1. The Morgan fingerprint density at radius 2 is 1.86 bits per heavy atom. The molecule has 6 heteroatoms. The number of hydrogen-bond acceptors (Lipinski definition) is 5. The molecule has 1 aliphatic carbocycles. The molecule has 1 amide bonds.